The van der Waals surface area contributed by atoms with Crippen molar-refractivity contribution < 1.29 is 61.4 Å². The molecule has 0 fully saturated rings. The molecular weight excluding hydrogens is 832 g/mol. The van der Waals surface area contributed by atoms with Crippen LogP contribution in [0.2, 0.25) is 0 Å². The van der Waals surface area contributed by atoms with Gasteiger partial charge in [0.1, 0.15) is 24.2 Å². The number of hydroxylamine groups is 2. The molecule has 3 N–H and O–H groups in total. The molecule has 0 aliphatic heterocycles. The van der Waals surface area contributed by atoms with Crippen LogP contribution in [0.1, 0.15) is 141 Å². The first kappa shape index (κ1) is 52.1. The molecule has 0 bridgehead atoms. The standard InChI is InChI=1S/C47H63FN4O12/c1-7-12-15-16-35(38(10-4)52(30-53)64-46(58)34-19-17-32(28-48)25-31(34)6)43(55)49-29-50-45(57)40-22-21-39(63-40)33-18-20-36(41(26-33)60-11-5)44(56)51-37(47(59)62-24-14-9-3)27-42(54)61-23-13-8-2/h17-22,25-26,30,35,37-38H,7-16,23-24,27-29H2,1-6H3,(H,49,55)(H,50,57)(H,51,56)/t35-,37+,38-/m1/s1. The highest BCUT2D eigenvalue weighted by molar-refractivity contribution is 6.00. The zero-order valence-corrected chi connectivity index (χ0v) is 37.8. The van der Waals surface area contributed by atoms with Gasteiger partial charge in [-0.25, -0.2) is 14.0 Å². The number of nitrogens with zero attached hydrogens (tertiary/aromatic N) is 1. The minimum absolute atomic E-state index is 0.0730. The van der Waals surface area contributed by atoms with Crippen molar-refractivity contribution in [3.8, 4) is 17.1 Å². The highest BCUT2D eigenvalue weighted by Gasteiger charge is 2.34. The normalized spacial score (nSPS) is 12.2. The molecule has 16 nitrogen and oxygen atoms in total. The molecule has 0 saturated heterocycles. The van der Waals surface area contributed by atoms with E-state index in [0.29, 0.717) is 48.8 Å². The molecule has 0 radical (unpaired) electrons. The fourth-order valence-corrected chi connectivity index (χ4v) is 6.69. The summed E-state index contributed by atoms with van der Waals surface area (Å²) in [6, 6.07) is 9.82. The Bertz CT molecular complexity index is 2020. The third kappa shape index (κ3) is 15.8. The van der Waals surface area contributed by atoms with Crippen molar-refractivity contribution in [2.75, 3.05) is 26.5 Å². The topological polar surface area (TPSA) is 209 Å². The van der Waals surface area contributed by atoms with Crippen molar-refractivity contribution in [1.82, 2.24) is 21.0 Å². The second-order valence-electron chi connectivity index (χ2n) is 15.1. The van der Waals surface area contributed by atoms with E-state index in [1.54, 1.807) is 39.0 Å². The van der Waals surface area contributed by atoms with Gasteiger partial charge in [0.15, 0.2) is 5.76 Å². The van der Waals surface area contributed by atoms with Gasteiger partial charge in [-0.1, -0.05) is 78.0 Å². The first-order valence-corrected chi connectivity index (χ1v) is 22.0. The van der Waals surface area contributed by atoms with Crippen LogP contribution in [0.5, 0.6) is 5.75 Å². The molecular formula is C47H63FN4O12. The van der Waals surface area contributed by atoms with Gasteiger partial charge >= 0.3 is 17.9 Å². The molecule has 3 aromatic rings. The maximum absolute atomic E-state index is 13.7. The Balaban J connectivity index is 1.71. The smallest absolute Gasteiger partial charge is 0.363 e. The third-order valence-electron chi connectivity index (χ3n) is 10.2. The van der Waals surface area contributed by atoms with Gasteiger partial charge in [0.2, 0.25) is 12.3 Å². The number of ether oxygens (including phenoxy) is 3. The van der Waals surface area contributed by atoms with Crippen molar-refractivity contribution in [1.29, 1.82) is 0 Å². The number of esters is 2. The number of furan rings is 1. The average molecular weight is 895 g/mol. The summed E-state index contributed by atoms with van der Waals surface area (Å²) in [5.74, 6) is -4.55. The number of carbonyl (C=O) groups excluding carboxylic acids is 7. The highest BCUT2D eigenvalue weighted by atomic mass is 19.1. The first-order chi connectivity index (χ1) is 30.8. The molecule has 2 aromatic carbocycles. The molecule has 0 aliphatic carbocycles. The minimum atomic E-state index is -1.30. The Morgan fingerprint density at radius 1 is 0.812 bits per heavy atom. The number of benzene rings is 2. The molecule has 64 heavy (non-hydrogen) atoms. The van der Waals surface area contributed by atoms with E-state index in [1.165, 1.54) is 30.3 Å². The van der Waals surface area contributed by atoms with E-state index in [4.69, 9.17) is 23.5 Å². The van der Waals surface area contributed by atoms with Crippen molar-refractivity contribution in [2.45, 2.75) is 125 Å². The van der Waals surface area contributed by atoms with E-state index in [0.717, 1.165) is 30.7 Å². The maximum atomic E-state index is 13.7. The third-order valence-corrected chi connectivity index (χ3v) is 10.2. The summed E-state index contributed by atoms with van der Waals surface area (Å²) in [5, 5.41) is 8.74. The Morgan fingerprint density at radius 3 is 2.16 bits per heavy atom. The molecule has 1 aromatic heterocycles. The van der Waals surface area contributed by atoms with E-state index < -0.39 is 66.7 Å². The summed E-state index contributed by atoms with van der Waals surface area (Å²) < 4.78 is 35.3. The summed E-state index contributed by atoms with van der Waals surface area (Å²) in [4.78, 5) is 96.7. The van der Waals surface area contributed by atoms with Crippen LogP contribution in [-0.4, -0.2) is 85.7 Å². The monoisotopic (exact) mass is 894 g/mol. The number of hydrogen-bond acceptors (Lipinski definition) is 12. The number of aryl methyl sites for hydroxylation is 1. The van der Waals surface area contributed by atoms with Crippen LogP contribution in [0.3, 0.4) is 0 Å². The lowest BCUT2D eigenvalue weighted by Gasteiger charge is -2.32. The molecule has 0 unspecified atom stereocenters. The van der Waals surface area contributed by atoms with Crippen molar-refractivity contribution in [3.05, 3.63) is 76.5 Å². The van der Waals surface area contributed by atoms with Gasteiger partial charge in [-0.2, -0.15) is 5.06 Å². The Labute approximate surface area is 374 Å². The fourth-order valence-electron chi connectivity index (χ4n) is 6.69. The molecule has 17 heteroatoms. The summed E-state index contributed by atoms with van der Waals surface area (Å²) in [7, 11) is 0. The lowest BCUT2D eigenvalue weighted by molar-refractivity contribution is -0.171. The SMILES string of the molecule is CCCCC[C@@H](C(=O)NCNC(=O)c1ccc(-c2ccc(C(=O)N[C@@H](CC(=O)OCCCC)C(=O)OCCCC)c(OCC)c2)o1)[C@@H](CC)N(C=O)OC(=O)c1ccc(CF)cc1C. The van der Waals surface area contributed by atoms with Crippen LogP contribution in [0.15, 0.2) is 52.9 Å². The molecule has 0 spiro atoms. The van der Waals surface area contributed by atoms with E-state index in [1.807, 2.05) is 20.8 Å². The van der Waals surface area contributed by atoms with Gasteiger partial charge in [0, 0.05) is 5.56 Å². The Kier molecular flexibility index (Phi) is 22.6. The number of rotatable bonds is 29. The number of carbonyl (C=O) groups is 7. The van der Waals surface area contributed by atoms with Crippen LogP contribution in [-0.2, 0) is 40.2 Å². The molecule has 3 atom stereocenters. The molecule has 0 saturated carbocycles. The molecule has 0 aliphatic rings. The number of halogens is 1. The zero-order valence-electron chi connectivity index (χ0n) is 37.8. The lowest BCUT2D eigenvalue weighted by atomic mass is 9.90. The Morgan fingerprint density at radius 2 is 1.52 bits per heavy atom. The zero-order chi connectivity index (χ0) is 47.0. The summed E-state index contributed by atoms with van der Waals surface area (Å²) in [6.07, 6.45) is 5.76. The van der Waals surface area contributed by atoms with Crippen molar-refractivity contribution in [3.63, 3.8) is 0 Å². The lowest BCUT2D eigenvalue weighted by Crippen LogP contribution is -2.49. The number of amides is 4. The number of nitrogens with one attached hydrogen (secondary N) is 3. The van der Waals surface area contributed by atoms with Gasteiger partial charge in [0.25, 0.3) is 11.8 Å². The van der Waals surface area contributed by atoms with Gasteiger partial charge in [-0.3, -0.25) is 24.0 Å². The summed E-state index contributed by atoms with van der Waals surface area (Å²) in [6.45, 7) is 10.5. The van der Waals surface area contributed by atoms with Gasteiger partial charge in [0.05, 0.1) is 56.0 Å². The number of unbranched alkanes of at least 4 members (excludes halogenated alkanes) is 4. The average Bonchev–Trinajstić information content (AvgIpc) is 3.79. The van der Waals surface area contributed by atoms with E-state index >= 15 is 0 Å². The van der Waals surface area contributed by atoms with E-state index in [9.17, 15) is 38.0 Å². The van der Waals surface area contributed by atoms with Crippen LogP contribution < -0.4 is 20.7 Å². The summed E-state index contributed by atoms with van der Waals surface area (Å²) >= 11 is 0. The second-order valence-corrected chi connectivity index (χ2v) is 15.1. The maximum Gasteiger partial charge on any atom is 0.363 e. The van der Waals surface area contributed by atoms with Gasteiger partial charge < -0.3 is 39.4 Å². The molecule has 4 amide bonds. The second kappa shape index (κ2) is 27.7. The van der Waals surface area contributed by atoms with Crippen LogP contribution in [0, 0.1) is 12.8 Å². The Hall–Kier alpha value is -6.26. The minimum Gasteiger partial charge on any atom is -0.493 e. The predicted octanol–water partition coefficient (Wildman–Crippen LogP) is 7.31. The molecule has 1 heterocycles. The predicted molar refractivity (Wildman–Crippen MR) is 234 cm³/mol. The van der Waals surface area contributed by atoms with Crippen molar-refractivity contribution in [2.24, 2.45) is 5.92 Å². The van der Waals surface area contributed by atoms with Gasteiger partial charge in [-0.05, 0) is 81.0 Å². The quantitative estimate of drug-likeness (QED) is 0.0206. The highest BCUT2D eigenvalue weighted by Crippen LogP contribution is 2.30. The van der Waals surface area contributed by atoms with E-state index in [-0.39, 0.29) is 61.3 Å². The van der Waals surface area contributed by atoms with Crippen LogP contribution >= 0.6 is 0 Å². The number of alkyl halides is 1. The summed E-state index contributed by atoms with van der Waals surface area (Å²) in [5.41, 5.74) is 1.53. The molecule has 350 valence electrons. The number of hydrogen-bond donors (Lipinski definition) is 3. The van der Waals surface area contributed by atoms with E-state index in [2.05, 4.69) is 16.0 Å². The first-order valence-electron chi connectivity index (χ1n) is 22.0. The fraction of sp³-hybridized carbons (Fsp3) is 0.511. The molecule has 3 rings (SSSR count). The van der Waals surface area contributed by atoms with Crippen LogP contribution in [0.4, 0.5) is 4.39 Å². The van der Waals surface area contributed by atoms with Crippen molar-refractivity contribution >= 4 is 42.0 Å². The van der Waals surface area contributed by atoms with Gasteiger partial charge in [-0.15, -0.1) is 0 Å². The largest absolute Gasteiger partial charge is 0.493 e. The van der Waals surface area contributed by atoms with Crippen LogP contribution in [0.25, 0.3) is 11.3 Å².